The van der Waals surface area contributed by atoms with Gasteiger partial charge in [-0.3, -0.25) is 4.79 Å². The van der Waals surface area contributed by atoms with Crippen molar-refractivity contribution in [1.29, 1.82) is 0 Å². The Balaban J connectivity index is 0.00000225. The van der Waals surface area contributed by atoms with Crippen LogP contribution in [0.1, 0.15) is 43.5 Å². The van der Waals surface area contributed by atoms with Gasteiger partial charge in [0.05, 0.1) is 13.2 Å². The van der Waals surface area contributed by atoms with Gasteiger partial charge in [0, 0.05) is 25.2 Å². The molecule has 140 valence electrons. The molecule has 1 spiro atoms. The van der Waals surface area contributed by atoms with E-state index in [1.807, 2.05) is 36.9 Å². The molecule has 0 aliphatic carbocycles. The van der Waals surface area contributed by atoms with Crippen LogP contribution in [0.2, 0.25) is 0 Å². The SMILES string of the molecule is CCOc1ccc(C(=O)N2CCC3(CCNC3)CC2)cc1OCC.Cl. The molecule has 1 aromatic rings. The van der Waals surface area contributed by atoms with Crippen molar-refractivity contribution < 1.29 is 14.3 Å². The van der Waals surface area contributed by atoms with E-state index in [-0.39, 0.29) is 18.3 Å². The number of hydrogen-bond donors (Lipinski definition) is 1. The number of benzene rings is 1. The molecule has 3 rings (SSSR count). The van der Waals surface area contributed by atoms with Crippen molar-refractivity contribution >= 4 is 18.3 Å². The van der Waals surface area contributed by atoms with Crippen molar-refractivity contribution in [2.45, 2.75) is 33.1 Å². The lowest BCUT2D eigenvalue weighted by molar-refractivity contribution is 0.0607. The van der Waals surface area contributed by atoms with Gasteiger partial charge in [0.2, 0.25) is 0 Å². The van der Waals surface area contributed by atoms with Crippen molar-refractivity contribution in [3.8, 4) is 11.5 Å². The molecule has 1 aromatic carbocycles. The van der Waals surface area contributed by atoms with Crippen LogP contribution < -0.4 is 14.8 Å². The Morgan fingerprint density at radius 2 is 1.80 bits per heavy atom. The van der Waals surface area contributed by atoms with Crippen LogP contribution in [-0.4, -0.2) is 50.2 Å². The first-order chi connectivity index (χ1) is 11.7. The fourth-order valence-corrected chi connectivity index (χ4v) is 3.77. The molecule has 2 aliphatic rings. The maximum atomic E-state index is 12.8. The summed E-state index contributed by atoms with van der Waals surface area (Å²) < 4.78 is 11.2. The number of ether oxygens (including phenoxy) is 2. The molecule has 0 aromatic heterocycles. The Labute approximate surface area is 156 Å². The van der Waals surface area contributed by atoms with Gasteiger partial charge in [0.25, 0.3) is 5.91 Å². The minimum atomic E-state index is 0. The molecule has 2 aliphatic heterocycles. The zero-order valence-corrected chi connectivity index (χ0v) is 16.0. The van der Waals surface area contributed by atoms with Crippen LogP contribution in [0.3, 0.4) is 0 Å². The Morgan fingerprint density at radius 1 is 1.12 bits per heavy atom. The summed E-state index contributed by atoms with van der Waals surface area (Å²) in [7, 11) is 0. The summed E-state index contributed by atoms with van der Waals surface area (Å²) in [5.41, 5.74) is 1.11. The third-order valence-corrected chi connectivity index (χ3v) is 5.23. The molecule has 0 radical (unpaired) electrons. The van der Waals surface area contributed by atoms with Gasteiger partial charge in [-0.1, -0.05) is 0 Å². The lowest BCUT2D eigenvalue weighted by Gasteiger charge is -2.39. The number of likely N-dealkylation sites (tertiary alicyclic amines) is 1. The highest BCUT2D eigenvalue weighted by Gasteiger charge is 2.38. The van der Waals surface area contributed by atoms with Gasteiger partial charge >= 0.3 is 0 Å². The van der Waals surface area contributed by atoms with Crippen LogP contribution in [0.25, 0.3) is 0 Å². The number of nitrogens with zero attached hydrogens (tertiary/aromatic N) is 1. The first kappa shape index (κ1) is 19.9. The summed E-state index contributed by atoms with van der Waals surface area (Å²) in [5.74, 6) is 1.45. The van der Waals surface area contributed by atoms with Crippen LogP contribution in [-0.2, 0) is 0 Å². The van der Waals surface area contributed by atoms with Gasteiger partial charge in [0.1, 0.15) is 0 Å². The smallest absolute Gasteiger partial charge is 0.253 e. The number of nitrogens with one attached hydrogen (secondary N) is 1. The highest BCUT2D eigenvalue weighted by Crippen LogP contribution is 2.37. The predicted molar refractivity (Wildman–Crippen MR) is 101 cm³/mol. The van der Waals surface area contributed by atoms with Gasteiger partial charge in [0.15, 0.2) is 11.5 Å². The molecular weight excluding hydrogens is 340 g/mol. The third kappa shape index (κ3) is 4.39. The molecule has 25 heavy (non-hydrogen) atoms. The minimum absolute atomic E-state index is 0. The summed E-state index contributed by atoms with van der Waals surface area (Å²) in [4.78, 5) is 14.8. The Kier molecular flexibility index (Phi) is 6.96. The second-order valence-electron chi connectivity index (χ2n) is 6.75. The van der Waals surface area contributed by atoms with E-state index in [4.69, 9.17) is 9.47 Å². The lowest BCUT2D eigenvalue weighted by atomic mass is 9.78. The zero-order chi connectivity index (χ0) is 17.0. The lowest BCUT2D eigenvalue weighted by Crippen LogP contribution is -2.44. The first-order valence-corrected chi connectivity index (χ1v) is 9.07. The van der Waals surface area contributed by atoms with E-state index in [1.165, 1.54) is 6.42 Å². The third-order valence-electron chi connectivity index (χ3n) is 5.23. The maximum absolute atomic E-state index is 12.8. The molecule has 2 saturated heterocycles. The normalized spacial score (nSPS) is 18.7. The summed E-state index contributed by atoms with van der Waals surface area (Å²) in [6, 6.07) is 5.50. The molecule has 2 fully saturated rings. The first-order valence-electron chi connectivity index (χ1n) is 9.07. The van der Waals surface area contributed by atoms with Crippen LogP contribution in [0.15, 0.2) is 18.2 Å². The molecule has 0 atom stereocenters. The number of hydrogen-bond acceptors (Lipinski definition) is 4. The molecule has 5 nitrogen and oxygen atoms in total. The Morgan fingerprint density at radius 3 is 2.40 bits per heavy atom. The minimum Gasteiger partial charge on any atom is -0.490 e. The monoisotopic (exact) mass is 368 g/mol. The van der Waals surface area contributed by atoms with Crippen LogP contribution in [0.5, 0.6) is 11.5 Å². The molecule has 0 bridgehead atoms. The van der Waals surface area contributed by atoms with E-state index < -0.39 is 0 Å². The molecular formula is C19H29ClN2O3. The fraction of sp³-hybridized carbons (Fsp3) is 0.632. The molecule has 0 unspecified atom stereocenters. The van der Waals surface area contributed by atoms with Gasteiger partial charge in [-0.05, 0) is 63.3 Å². The highest BCUT2D eigenvalue weighted by atomic mass is 35.5. The number of carbonyl (C=O) groups excluding carboxylic acids is 1. The molecule has 1 N–H and O–H groups in total. The summed E-state index contributed by atoms with van der Waals surface area (Å²) >= 11 is 0. The van der Waals surface area contributed by atoms with Crippen LogP contribution in [0.4, 0.5) is 0 Å². The van der Waals surface area contributed by atoms with E-state index >= 15 is 0 Å². The van der Waals surface area contributed by atoms with E-state index in [0.717, 1.165) is 39.0 Å². The van der Waals surface area contributed by atoms with Crippen LogP contribution in [0, 0.1) is 5.41 Å². The molecule has 0 saturated carbocycles. The average molecular weight is 369 g/mol. The summed E-state index contributed by atoms with van der Waals surface area (Å²) in [5, 5.41) is 3.46. The second-order valence-corrected chi connectivity index (χ2v) is 6.75. The largest absolute Gasteiger partial charge is 0.490 e. The van der Waals surface area contributed by atoms with Crippen molar-refractivity contribution in [2.75, 3.05) is 39.4 Å². The molecule has 6 heteroatoms. The standard InChI is InChI=1S/C19H28N2O3.ClH/c1-3-23-16-6-5-15(13-17(16)24-4-2)18(22)21-11-8-19(9-12-21)7-10-20-14-19;/h5-6,13,20H,3-4,7-12,14H2,1-2H3;1H. The zero-order valence-electron chi connectivity index (χ0n) is 15.2. The number of piperidine rings is 1. The van der Waals surface area contributed by atoms with Crippen molar-refractivity contribution in [2.24, 2.45) is 5.41 Å². The summed E-state index contributed by atoms with van der Waals surface area (Å²) in [6.45, 7) is 8.92. The average Bonchev–Trinajstić information content (AvgIpc) is 3.05. The molecule has 1 amide bonds. The molecule has 2 heterocycles. The summed E-state index contributed by atoms with van der Waals surface area (Å²) in [6.07, 6.45) is 3.44. The number of amides is 1. The van der Waals surface area contributed by atoms with Crippen molar-refractivity contribution in [3.63, 3.8) is 0 Å². The van der Waals surface area contributed by atoms with Crippen molar-refractivity contribution in [3.05, 3.63) is 23.8 Å². The van der Waals surface area contributed by atoms with Gasteiger partial charge in [-0.25, -0.2) is 0 Å². The number of carbonyl (C=O) groups is 1. The predicted octanol–water partition coefficient (Wildman–Crippen LogP) is 3.12. The number of rotatable bonds is 5. The highest BCUT2D eigenvalue weighted by molar-refractivity contribution is 5.95. The van der Waals surface area contributed by atoms with Crippen molar-refractivity contribution in [1.82, 2.24) is 10.2 Å². The quantitative estimate of drug-likeness (QED) is 0.867. The van der Waals surface area contributed by atoms with Gasteiger partial charge in [-0.15, -0.1) is 12.4 Å². The fourth-order valence-electron chi connectivity index (χ4n) is 3.77. The maximum Gasteiger partial charge on any atom is 0.253 e. The van der Waals surface area contributed by atoms with E-state index in [9.17, 15) is 4.79 Å². The van der Waals surface area contributed by atoms with Gasteiger partial charge < -0.3 is 19.7 Å². The van der Waals surface area contributed by atoms with E-state index in [1.54, 1.807) is 0 Å². The van der Waals surface area contributed by atoms with E-state index in [0.29, 0.717) is 35.7 Å². The number of halogens is 1. The van der Waals surface area contributed by atoms with Gasteiger partial charge in [-0.2, -0.15) is 0 Å². The van der Waals surface area contributed by atoms with E-state index in [2.05, 4.69) is 5.32 Å². The van der Waals surface area contributed by atoms with Crippen LogP contribution >= 0.6 is 12.4 Å². The second kappa shape index (κ2) is 8.77. The Hall–Kier alpha value is -1.46. The Bertz CT molecular complexity index is 578. The topological polar surface area (TPSA) is 50.8 Å².